The average Bonchev–Trinajstić information content (AvgIpc) is 3.48. The minimum Gasteiger partial charge on any atom is -0.493 e. The van der Waals surface area contributed by atoms with E-state index in [1.807, 2.05) is 0 Å². The molecular weight excluding hydrogens is 431 g/mol. The minimum absolute atomic E-state index is 0.0585. The van der Waals surface area contributed by atoms with E-state index >= 15 is 0 Å². The van der Waals surface area contributed by atoms with Gasteiger partial charge in [-0.05, 0) is 36.6 Å². The molecule has 6 nitrogen and oxygen atoms in total. The number of alkyl halides is 3. The van der Waals surface area contributed by atoms with E-state index in [2.05, 4.69) is 10.3 Å². The zero-order chi connectivity index (χ0) is 22.3. The summed E-state index contributed by atoms with van der Waals surface area (Å²) in [7, 11) is 2.98. The fraction of sp³-hybridized carbons (Fsp3) is 0.333. The molecule has 4 rings (SSSR count). The monoisotopic (exact) mass is 451 g/mol. The highest BCUT2D eigenvalue weighted by atomic mass is 32.1. The zero-order valence-corrected chi connectivity index (χ0v) is 17.6. The van der Waals surface area contributed by atoms with E-state index in [0.29, 0.717) is 17.1 Å². The third kappa shape index (κ3) is 4.25. The SMILES string of the molecule is COc1ccc(Cc2cc(C(F)(F)F)c3c(N)c(C(=O)NC4CC4)sc3n2)cc1OC. The van der Waals surface area contributed by atoms with E-state index in [0.717, 1.165) is 30.2 Å². The zero-order valence-electron chi connectivity index (χ0n) is 16.8. The number of nitrogen functional groups attached to an aromatic ring is 1. The van der Waals surface area contributed by atoms with E-state index in [1.165, 1.54) is 14.2 Å². The molecule has 3 N–H and O–H groups in total. The molecule has 1 aromatic carbocycles. The molecule has 0 atom stereocenters. The molecule has 2 aromatic heterocycles. The Balaban J connectivity index is 1.77. The van der Waals surface area contributed by atoms with Crippen molar-refractivity contribution in [1.82, 2.24) is 10.3 Å². The summed E-state index contributed by atoms with van der Waals surface area (Å²) in [4.78, 5) is 17.0. The Hall–Kier alpha value is -3.01. The van der Waals surface area contributed by atoms with Crippen molar-refractivity contribution in [3.63, 3.8) is 0 Å². The van der Waals surface area contributed by atoms with Gasteiger partial charge in [0.15, 0.2) is 11.5 Å². The van der Waals surface area contributed by atoms with Gasteiger partial charge in [0, 0.05) is 23.5 Å². The van der Waals surface area contributed by atoms with Gasteiger partial charge >= 0.3 is 6.18 Å². The van der Waals surface area contributed by atoms with Crippen LogP contribution in [0.15, 0.2) is 24.3 Å². The number of carbonyl (C=O) groups excluding carboxylic acids is 1. The van der Waals surface area contributed by atoms with E-state index in [-0.39, 0.29) is 38.9 Å². The van der Waals surface area contributed by atoms with Crippen LogP contribution in [-0.2, 0) is 12.6 Å². The number of thiophene rings is 1. The molecule has 0 aliphatic heterocycles. The lowest BCUT2D eigenvalue weighted by atomic mass is 10.0. The maximum absolute atomic E-state index is 13.8. The third-order valence-electron chi connectivity index (χ3n) is 5.01. The van der Waals surface area contributed by atoms with Gasteiger partial charge in [-0.25, -0.2) is 4.98 Å². The van der Waals surface area contributed by atoms with Gasteiger partial charge in [-0.15, -0.1) is 11.3 Å². The predicted octanol–water partition coefficient (Wildman–Crippen LogP) is 4.40. The molecule has 1 aliphatic carbocycles. The van der Waals surface area contributed by atoms with Crippen LogP contribution in [0.5, 0.6) is 11.5 Å². The van der Waals surface area contributed by atoms with Crippen LogP contribution in [0, 0.1) is 0 Å². The number of hydrogen-bond acceptors (Lipinski definition) is 6. The van der Waals surface area contributed by atoms with Crippen LogP contribution in [0.3, 0.4) is 0 Å². The first kappa shape index (κ1) is 21.2. The number of halogens is 3. The number of hydrogen-bond donors (Lipinski definition) is 2. The number of aromatic nitrogens is 1. The Morgan fingerprint density at radius 1 is 1.23 bits per heavy atom. The van der Waals surface area contributed by atoms with Crippen molar-refractivity contribution in [1.29, 1.82) is 0 Å². The van der Waals surface area contributed by atoms with Crippen molar-refractivity contribution in [3.05, 3.63) is 46.0 Å². The molecule has 0 unspecified atom stereocenters. The van der Waals surface area contributed by atoms with E-state index in [4.69, 9.17) is 15.2 Å². The number of nitrogens with one attached hydrogen (secondary N) is 1. The highest BCUT2D eigenvalue weighted by Crippen LogP contribution is 2.42. The van der Waals surface area contributed by atoms with Crippen molar-refractivity contribution in [3.8, 4) is 11.5 Å². The van der Waals surface area contributed by atoms with Gasteiger partial charge in [0.25, 0.3) is 5.91 Å². The second-order valence-corrected chi connectivity index (χ2v) is 8.30. The van der Waals surface area contributed by atoms with Crippen LogP contribution in [0.4, 0.5) is 18.9 Å². The Morgan fingerprint density at radius 3 is 2.55 bits per heavy atom. The normalized spacial score (nSPS) is 14.0. The number of benzene rings is 1. The topological polar surface area (TPSA) is 86.5 Å². The lowest BCUT2D eigenvalue weighted by molar-refractivity contribution is -0.136. The van der Waals surface area contributed by atoms with Crippen LogP contribution < -0.4 is 20.5 Å². The Labute approximate surface area is 180 Å². The highest BCUT2D eigenvalue weighted by molar-refractivity contribution is 7.21. The molecule has 1 aliphatic rings. The number of carbonyl (C=O) groups is 1. The van der Waals surface area contributed by atoms with Gasteiger partial charge in [0.05, 0.1) is 25.5 Å². The standard InChI is InChI=1S/C21H20F3N3O3S/c1-29-14-6-3-10(8-15(14)30-2)7-12-9-13(21(22,23)24)16-17(25)18(31-20(16)27-12)19(28)26-11-4-5-11/h3,6,8-9,11H,4-5,7,25H2,1-2H3,(H,26,28). The number of nitrogens with zero attached hydrogens (tertiary/aromatic N) is 1. The first-order valence-electron chi connectivity index (χ1n) is 9.52. The fourth-order valence-corrected chi connectivity index (χ4v) is 4.37. The summed E-state index contributed by atoms with van der Waals surface area (Å²) in [6.07, 6.45) is -2.79. The molecule has 0 saturated heterocycles. The van der Waals surface area contributed by atoms with E-state index in [1.54, 1.807) is 18.2 Å². The average molecular weight is 451 g/mol. The molecular formula is C21H20F3N3O3S. The van der Waals surface area contributed by atoms with Gasteiger partial charge in [-0.2, -0.15) is 13.2 Å². The molecule has 1 amide bonds. The number of ether oxygens (including phenoxy) is 2. The summed E-state index contributed by atoms with van der Waals surface area (Å²) in [5.41, 5.74) is 5.82. The summed E-state index contributed by atoms with van der Waals surface area (Å²) < 4.78 is 52.0. The van der Waals surface area contributed by atoms with Crippen molar-refractivity contribution in [2.45, 2.75) is 31.5 Å². The number of anilines is 1. The molecule has 2 heterocycles. The van der Waals surface area contributed by atoms with Crippen LogP contribution in [0.2, 0.25) is 0 Å². The lowest BCUT2D eigenvalue weighted by Gasteiger charge is -2.12. The predicted molar refractivity (Wildman–Crippen MR) is 112 cm³/mol. The molecule has 1 fully saturated rings. The first-order valence-corrected chi connectivity index (χ1v) is 10.3. The van der Waals surface area contributed by atoms with Gasteiger partial charge in [0.2, 0.25) is 0 Å². The van der Waals surface area contributed by atoms with Crippen LogP contribution >= 0.6 is 11.3 Å². The smallest absolute Gasteiger partial charge is 0.417 e. The van der Waals surface area contributed by atoms with Crippen molar-refractivity contribution in [2.75, 3.05) is 20.0 Å². The molecule has 0 radical (unpaired) electrons. The summed E-state index contributed by atoms with van der Waals surface area (Å²) >= 11 is 0.878. The number of nitrogens with two attached hydrogens (primary N) is 1. The van der Waals surface area contributed by atoms with Crippen molar-refractivity contribution in [2.24, 2.45) is 0 Å². The van der Waals surface area contributed by atoms with Crippen molar-refractivity contribution < 1.29 is 27.4 Å². The van der Waals surface area contributed by atoms with Crippen LogP contribution in [0.25, 0.3) is 10.2 Å². The summed E-state index contributed by atoms with van der Waals surface area (Å²) in [6.45, 7) is 0. The molecule has 10 heteroatoms. The largest absolute Gasteiger partial charge is 0.493 e. The summed E-state index contributed by atoms with van der Waals surface area (Å²) in [5, 5.41) is 2.54. The number of fused-ring (bicyclic) bond motifs is 1. The van der Waals surface area contributed by atoms with Crippen LogP contribution in [0.1, 0.15) is 39.3 Å². The lowest BCUT2D eigenvalue weighted by Crippen LogP contribution is -2.25. The molecule has 1 saturated carbocycles. The third-order valence-corrected chi connectivity index (χ3v) is 6.11. The van der Waals surface area contributed by atoms with Crippen molar-refractivity contribution >= 4 is 33.1 Å². The first-order chi connectivity index (χ1) is 14.7. The Kier molecular flexibility index (Phi) is 5.42. The minimum atomic E-state index is -4.65. The molecule has 0 bridgehead atoms. The summed E-state index contributed by atoms with van der Waals surface area (Å²) in [6, 6.07) is 6.16. The summed E-state index contributed by atoms with van der Waals surface area (Å²) in [5.74, 6) is 0.525. The molecule has 3 aromatic rings. The van der Waals surface area contributed by atoms with Crippen LogP contribution in [-0.4, -0.2) is 31.2 Å². The van der Waals surface area contributed by atoms with E-state index < -0.39 is 17.6 Å². The highest BCUT2D eigenvalue weighted by Gasteiger charge is 2.36. The quantitative estimate of drug-likeness (QED) is 0.580. The van der Waals surface area contributed by atoms with Gasteiger partial charge < -0.3 is 20.5 Å². The second-order valence-electron chi connectivity index (χ2n) is 7.30. The Bertz CT molecular complexity index is 1160. The number of methoxy groups -OCH3 is 2. The number of pyridine rings is 1. The molecule has 31 heavy (non-hydrogen) atoms. The maximum Gasteiger partial charge on any atom is 0.417 e. The van der Waals surface area contributed by atoms with Gasteiger partial charge in [-0.1, -0.05) is 6.07 Å². The number of amides is 1. The maximum atomic E-state index is 13.8. The molecule has 0 spiro atoms. The fourth-order valence-electron chi connectivity index (χ4n) is 3.33. The van der Waals surface area contributed by atoms with Gasteiger partial charge in [-0.3, -0.25) is 4.79 Å². The second kappa shape index (κ2) is 7.92. The molecule has 164 valence electrons. The Morgan fingerprint density at radius 2 is 1.94 bits per heavy atom. The number of rotatable bonds is 6. The van der Waals surface area contributed by atoms with Gasteiger partial charge in [0.1, 0.15) is 9.71 Å². The van der Waals surface area contributed by atoms with E-state index in [9.17, 15) is 18.0 Å².